The smallest absolute Gasteiger partial charge is 0.378 e. The molecule has 0 bridgehead atoms. The van der Waals surface area contributed by atoms with E-state index in [-0.39, 0.29) is 19.3 Å². The van der Waals surface area contributed by atoms with Gasteiger partial charge in [-0.25, -0.2) is 17.6 Å². The Morgan fingerprint density at radius 2 is 1.32 bits per heavy atom. The lowest BCUT2D eigenvalue weighted by Crippen LogP contribution is -2.56. The maximum absolute atomic E-state index is 13.8. The standard InChI is InChI=1S/C12H15F4O2Si/c1-4-17-19(6-3,18-5-2)12-10(15)8(13)7-9(14)11(12)16/h4-6H2,1-3H3. The van der Waals surface area contributed by atoms with E-state index in [9.17, 15) is 17.6 Å². The highest BCUT2D eigenvalue weighted by Crippen LogP contribution is 2.20. The average molecular weight is 295 g/mol. The zero-order valence-corrected chi connectivity index (χ0v) is 11.9. The summed E-state index contributed by atoms with van der Waals surface area (Å²) in [5.74, 6) is -6.12. The normalized spacial score (nSPS) is 11.9. The molecule has 0 fully saturated rings. The van der Waals surface area contributed by atoms with Gasteiger partial charge in [-0.2, -0.15) is 0 Å². The highest BCUT2D eigenvalue weighted by atomic mass is 28.4. The summed E-state index contributed by atoms with van der Waals surface area (Å²) in [5.41, 5.74) is 0. The molecular weight excluding hydrogens is 280 g/mol. The second kappa shape index (κ2) is 6.49. The van der Waals surface area contributed by atoms with E-state index in [0.29, 0.717) is 0 Å². The van der Waals surface area contributed by atoms with Crippen LogP contribution in [0.15, 0.2) is 0 Å². The fraction of sp³-hybridized carbons (Fsp3) is 0.500. The first-order valence-corrected chi connectivity index (χ1v) is 7.99. The molecule has 0 aromatic heterocycles. The van der Waals surface area contributed by atoms with Gasteiger partial charge in [0.15, 0.2) is 23.3 Å². The average Bonchev–Trinajstić information content (AvgIpc) is 2.37. The topological polar surface area (TPSA) is 18.5 Å². The third-order valence-corrected chi connectivity index (χ3v) is 6.29. The number of rotatable bonds is 6. The van der Waals surface area contributed by atoms with E-state index in [4.69, 9.17) is 8.85 Å². The van der Waals surface area contributed by atoms with Gasteiger partial charge in [-0.05, 0) is 19.9 Å². The highest BCUT2D eigenvalue weighted by molar-refractivity contribution is 6.81. The Morgan fingerprint density at radius 3 is 1.63 bits per heavy atom. The second-order valence-corrected chi connectivity index (χ2v) is 7.02. The Bertz CT molecular complexity index is 422. The summed E-state index contributed by atoms with van der Waals surface area (Å²) >= 11 is 0. The van der Waals surface area contributed by atoms with Crippen molar-refractivity contribution in [3.63, 3.8) is 0 Å². The molecule has 0 atom stereocenters. The van der Waals surface area contributed by atoms with E-state index in [1.165, 1.54) is 6.07 Å². The molecule has 0 heterocycles. The minimum Gasteiger partial charge on any atom is -0.391 e. The molecule has 1 aromatic rings. The molecule has 19 heavy (non-hydrogen) atoms. The van der Waals surface area contributed by atoms with Crippen LogP contribution < -0.4 is 5.19 Å². The molecular formula is C12H15F4O2Si. The lowest BCUT2D eigenvalue weighted by atomic mass is 10.3. The van der Waals surface area contributed by atoms with Crippen molar-refractivity contribution in [2.45, 2.75) is 26.8 Å². The predicted molar refractivity (Wildman–Crippen MR) is 64.2 cm³/mol. The quantitative estimate of drug-likeness (QED) is 0.456. The van der Waals surface area contributed by atoms with Crippen molar-refractivity contribution < 1.29 is 26.4 Å². The SMILES string of the molecule is CCO[Si](CC)(OCC)c1c(F)c(F)[c]c(F)c1F. The van der Waals surface area contributed by atoms with Gasteiger partial charge in [0.1, 0.15) is 0 Å². The van der Waals surface area contributed by atoms with E-state index >= 15 is 0 Å². The van der Waals surface area contributed by atoms with Gasteiger partial charge in [0.2, 0.25) is 0 Å². The summed E-state index contributed by atoms with van der Waals surface area (Å²) in [5, 5.41) is -0.757. The van der Waals surface area contributed by atoms with Crippen LogP contribution in [0.3, 0.4) is 0 Å². The zero-order valence-electron chi connectivity index (χ0n) is 10.9. The molecule has 1 rings (SSSR count). The molecule has 0 aliphatic carbocycles. The van der Waals surface area contributed by atoms with E-state index in [1.807, 2.05) is 0 Å². The molecule has 0 saturated carbocycles. The molecule has 1 radical (unpaired) electrons. The van der Waals surface area contributed by atoms with E-state index in [1.54, 1.807) is 20.8 Å². The second-order valence-electron chi connectivity index (χ2n) is 3.73. The first-order valence-electron chi connectivity index (χ1n) is 5.97. The van der Waals surface area contributed by atoms with Gasteiger partial charge in [0, 0.05) is 13.2 Å². The Morgan fingerprint density at radius 1 is 0.895 bits per heavy atom. The first kappa shape index (κ1) is 16.1. The van der Waals surface area contributed by atoms with Gasteiger partial charge in [0.05, 0.1) is 11.3 Å². The molecule has 0 saturated heterocycles. The van der Waals surface area contributed by atoms with Crippen molar-refractivity contribution in [1.29, 1.82) is 0 Å². The molecule has 1 aromatic carbocycles. The molecule has 0 aliphatic heterocycles. The predicted octanol–water partition coefficient (Wildman–Crippen LogP) is 2.79. The summed E-state index contributed by atoms with van der Waals surface area (Å²) in [6.07, 6.45) is 0. The molecule has 0 spiro atoms. The fourth-order valence-electron chi connectivity index (χ4n) is 1.89. The van der Waals surface area contributed by atoms with Crippen LogP contribution >= 0.6 is 0 Å². The first-order chi connectivity index (χ1) is 8.93. The maximum Gasteiger partial charge on any atom is 0.378 e. The van der Waals surface area contributed by atoms with Crippen molar-refractivity contribution in [3.8, 4) is 0 Å². The van der Waals surface area contributed by atoms with Gasteiger partial charge in [-0.3, -0.25) is 0 Å². The van der Waals surface area contributed by atoms with E-state index in [2.05, 4.69) is 0 Å². The molecule has 0 N–H and O–H groups in total. The molecule has 2 nitrogen and oxygen atoms in total. The lowest BCUT2D eigenvalue weighted by Gasteiger charge is -2.29. The summed E-state index contributed by atoms with van der Waals surface area (Å²) in [7, 11) is -3.55. The van der Waals surface area contributed by atoms with Crippen LogP contribution in [0.1, 0.15) is 20.8 Å². The van der Waals surface area contributed by atoms with Crippen molar-refractivity contribution in [2.24, 2.45) is 0 Å². The molecule has 0 unspecified atom stereocenters. The number of hydrogen-bond acceptors (Lipinski definition) is 2. The van der Waals surface area contributed by atoms with Crippen LogP contribution in [-0.4, -0.2) is 21.8 Å². The molecule has 0 amide bonds. The minimum absolute atomic E-state index is 0.126. The van der Waals surface area contributed by atoms with Crippen LogP contribution in [0, 0.1) is 29.3 Å². The third kappa shape index (κ3) is 2.98. The summed E-state index contributed by atoms with van der Waals surface area (Å²) in [6.45, 7) is 5.09. The van der Waals surface area contributed by atoms with Crippen LogP contribution in [-0.2, 0) is 8.85 Å². The van der Waals surface area contributed by atoms with Crippen molar-refractivity contribution in [3.05, 3.63) is 29.3 Å². The van der Waals surface area contributed by atoms with Crippen molar-refractivity contribution >= 4 is 13.7 Å². The van der Waals surface area contributed by atoms with Crippen molar-refractivity contribution in [2.75, 3.05) is 13.2 Å². The molecule has 0 aliphatic rings. The van der Waals surface area contributed by atoms with Gasteiger partial charge in [-0.15, -0.1) is 0 Å². The zero-order chi connectivity index (χ0) is 14.6. The summed E-state index contributed by atoms with van der Waals surface area (Å²) < 4.78 is 64.9. The van der Waals surface area contributed by atoms with Gasteiger partial charge in [0.25, 0.3) is 0 Å². The van der Waals surface area contributed by atoms with E-state index in [0.717, 1.165) is 0 Å². The Balaban J connectivity index is 3.53. The van der Waals surface area contributed by atoms with Crippen LogP contribution in [0.5, 0.6) is 0 Å². The fourth-order valence-corrected chi connectivity index (χ4v) is 4.84. The van der Waals surface area contributed by atoms with Crippen LogP contribution in [0.25, 0.3) is 0 Å². The maximum atomic E-state index is 13.8. The minimum atomic E-state index is -3.55. The Hall–Kier alpha value is -0.923. The number of benzene rings is 1. The summed E-state index contributed by atoms with van der Waals surface area (Å²) in [4.78, 5) is 0. The van der Waals surface area contributed by atoms with Gasteiger partial charge >= 0.3 is 8.56 Å². The Kier molecular flexibility index (Phi) is 5.51. The largest absolute Gasteiger partial charge is 0.391 e. The monoisotopic (exact) mass is 295 g/mol. The third-order valence-electron chi connectivity index (χ3n) is 2.65. The van der Waals surface area contributed by atoms with Gasteiger partial charge < -0.3 is 8.85 Å². The van der Waals surface area contributed by atoms with Crippen LogP contribution in [0.2, 0.25) is 6.04 Å². The molecule has 107 valence electrons. The number of halogens is 4. The lowest BCUT2D eigenvalue weighted by molar-refractivity contribution is 0.194. The van der Waals surface area contributed by atoms with Gasteiger partial charge in [-0.1, -0.05) is 6.92 Å². The van der Waals surface area contributed by atoms with E-state index < -0.39 is 37.0 Å². The molecule has 7 heteroatoms. The van der Waals surface area contributed by atoms with Crippen LogP contribution in [0.4, 0.5) is 17.6 Å². The van der Waals surface area contributed by atoms with Crippen molar-refractivity contribution in [1.82, 2.24) is 0 Å². The number of hydrogen-bond donors (Lipinski definition) is 0. The highest BCUT2D eigenvalue weighted by Gasteiger charge is 2.45. The summed E-state index contributed by atoms with van der Waals surface area (Å²) in [6, 6.07) is 1.49. The Labute approximate surface area is 110 Å².